The van der Waals surface area contributed by atoms with Crippen LogP contribution in [-0.2, 0) is 6.54 Å². The van der Waals surface area contributed by atoms with Crippen LogP contribution >= 0.6 is 15.9 Å². The van der Waals surface area contributed by atoms with Gasteiger partial charge in [0.2, 0.25) is 0 Å². The van der Waals surface area contributed by atoms with Gasteiger partial charge in [0.1, 0.15) is 0 Å². The fourth-order valence-electron chi connectivity index (χ4n) is 1.46. The van der Waals surface area contributed by atoms with Crippen molar-refractivity contribution in [1.29, 1.82) is 0 Å². The molecule has 0 fully saturated rings. The van der Waals surface area contributed by atoms with Gasteiger partial charge in [-0.1, -0.05) is 36.7 Å². The van der Waals surface area contributed by atoms with E-state index in [1.807, 2.05) is 0 Å². The molecule has 0 amide bonds. The minimum absolute atomic E-state index is 0.112. The third-order valence-corrected chi connectivity index (χ3v) is 3.91. The monoisotopic (exact) mass is 314 g/mol. The molecule has 0 aliphatic carbocycles. The maximum absolute atomic E-state index is 10.6. The summed E-state index contributed by atoms with van der Waals surface area (Å²) in [6.45, 7) is 8.28. The minimum Gasteiger partial charge on any atom is -0.312 e. The van der Waals surface area contributed by atoms with Crippen molar-refractivity contribution in [3.05, 3.63) is 38.3 Å². The molecule has 18 heavy (non-hydrogen) atoms. The van der Waals surface area contributed by atoms with Crippen LogP contribution in [0.15, 0.2) is 22.7 Å². The van der Waals surface area contributed by atoms with E-state index in [9.17, 15) is 10.1 Å². The van der Waals surface area contributed by atoms with Crippen LogP contribution in [0.4, 0.5) is 5.69 Å². The first-order valence-corrected chi connectivity index (χ1v) is 6.84. The molecule has 0 aliphatic rings. The minimum atomic E-state index is -0.386. The van der Waals surface area contributed by atoms with E-state index in [1.54, 1.807) is 12.1 Å². The molecule has 1 unspecified atom stereocenters. The summed E-state index contributed by atoms with van der Waals surface area (Å²) in [5.41, 5.74) is 1.15. The van der Waals surface area contributed by atoms with Gasteiger partial charge in [-0.15, -0.1) is 0 Å². The third kappa shape index (κ3) is 4.38. The Balaban J connectivity index is 2.56. The highest BCUT2D eigenvalue weighted by Gasteiger charge is 2.10. The van der Waals surface area contributed by atoms with Gasteiger partial charge in [0.15, 0.2) is 0 Å². The first-order chi connectivity index (χ1) is 8.41. The molecule has 0 spiro atoms. The Hall–Kier alpha value is -0.940. The molecule has 0 radical (unpaired) electrons. The summed E-state index contributed by atoms with van der Waals surface area (Å²) >= 11 is 3.37. The van der Waals surface area contributed by atoms with Gasteiger partial charge in [-0.05, 0) is 30.0 Å². The van der Waals surface area contributed by atoms with Crippen molar-refractivity contribution in [2.45, 2.75) is 27.3 Å². The van der Waals surface area contributed by atoms with Crippen molar-refractivity contribution < 1.29 is 4.92 Å². The van der Waals surface area contributed by atoms with Crippen LogP contribution in [0.3, 0.4) is 0 Å². The zero-order valence-corrected chi connectivity index (χ0v) is 12.5. The van der Waals surface area contributed by atoms with E-state index < -0.39 is 0 Å². The molecule has 1 rings (SSSR count). The largest absolute Gasteiger partial charge is 0.312 e. The number of halogens is 1. The van der Waals surface area contributed by atoms with E-state index in [2.05, 4.69) is 42.0 Å². The van der Waals surface area contributed by atoms with Crippen LogP contribution in [-0.4, -0.2) is 11.5 Å². The highest BCUT2D eigenvalue weighted by atomic mass is 79.9. The SMILES string of the molecule is CC(C)C(C)CNCc1ccc([N+](=O)[O-])cc1Br. The number of non-ortho nitro benzene ring substituents is 1. The zero-order valence-electron chi connectivity index (χ0n) is 10.9. The Labute approximate surface area is 116 Å². The molecule has 1 N–H and O–H groups in total. The lowest BCUT2D eigenvalue weighted by molar-refractivity contribution is -0.384. The summed E-state index contributed by atoms with van der Waals surface area (Å²) in [6, 6.07) is 4.87. The second-order valence-corrected chi connectivity index (χ2v) is 5.74. The average Bonchev–Trinajstić information content (AvgIpc) is 2.30. The molecule has 0 aliphatic heterocycles. The normalized spacial score (nSPS) is 12.7. The van der Waals surface area contributed by atoms with Gasteiger partial charge < -0.3 is 5.32 Å². The fourth-order valence-corrected chi connectivity index (χ4v) is 1.97. The number of nitro benzene ring substituents is 1. The summed E-state index contributed by atoms with van der Waals surface area (Å²) in [5, 5.41) is 14.0. The van der Waals surface area contributed by atoms with E-state index in [1.165, 1.54) is 6.07 Å². The van der Waals surface area contributed by atoms with Crippen molar-refractivity contribution in [3.8, 4) is 0 Å². The second-order valence-electron chi connectivity index (χ2n) is 4.89. The van der Waals surface area contributed by atoms with Crippen molar-refractivity contribution in [2.75, 3.05) is 6.54 Å². The highest BCUT2D eigenvalue weighted by molar-refractivity contribution is 9.10. The third-order valence-electron chi connectivity index (χ3n) is 3.17. The molecule has 1 aromatic rings. The zero-order chi connectivity index (χ0) is 13.7. The molecule has 4 nitrogen and oxygen atoms in total. The summed E-state index contributed by atoms with van der Waals surface area (Å²) in [6.07, 6.45) is 0. The number of hydrogen-bond donors (Lipinski definition) is 1. The lowest BCUT2D eigenvalue weighted by Gasteiger charge is -2.16. The molecular formula is C13H19BrN2O2. The van der Waals surface area contributed by atoms with Crippen LogP contribution < -0.4 is 5.32 Å². The smallest absolute Gasteiger partial charge is 0.270 e. The summed E-state index contributed by atoms with van der Waals surface area (Å²) in [4.78, 5) is 10.2. The van der Waals surface area contributed by atoms with Crippen molar-refractivity contribution >= 4 is 21.6 Å². The van der Waals surface area contributed by atoms with Gasteiger partial charge in [0.25, 0.3) is 5.69 Å². The second kappa shape index (κ2) is 6.85. The number of nitro groups is 1. The number of nitrogens with zero attached hydrogens (tertiary/aromatic N) is 1. The number of hydrogen-bond acceptors (Lipinski definition) is 3. The standard InChI is InChI=1S/C13H19BrN2O2/c1-9(2)10(3)7-15-8-11-4-5-12(16(17)18)6-13(11)14/h4-6,9-10,15H,7-8H2,1-3H3. The topological polar surface area (TPSA) is 55.2 Å². The van der Waals surface area contributed by atoms with Gasteiger partial charge in [-0.2, -0.15) is 0 Å². The quantitative estimate of drug-likeness (QED) is 0.643. The van der Waals surface area contributed by atoms with Crippen molar-refractivity contribution in [3.63, 3.8) is 0 Å². The maximum atomic E-state index is 10.6. The van der Waals surface area contributed by atoms with Crippen molar-refractivity contribution in [1.82, 2.24) is 5.32 Å². The number of benzene rings is 1. The Morgan fingerprint density at radius 2 is 2.06 bits per heavy atom. The number of rotatable bonds is 6. The van der Waals surface area contributed by atoms with Gasteiger partial charge in [-0.3, -0.25) is 10.1 Å². The first-order valence-electron chi connectivity index (χ1n) is 6.05. The molecule has 0 bridgehead atoms. The highest BCUT2D eigenvalue weighted by Crippen LogP contribution is 2.22. The van der Waals surface area contributed by atoms with Gasteiger partial charge in [-0.25, -0.2) is 0 Å². The summed E-state index contributed by atoms with van der Waals surface area (Å²) in [5.74, 6) is 1.26. The maximum Gasteiger partial charge on any atom is 0.270 e. The van der Waals surface area contributed by atoms with Gasteiger partial charge >= 0.3 is 0 Å². The fraction of sp³-hybridized carbons (Fsp3) is 0.538. The average molecular weight is 315 g/mol. The molecule has 100 valence electrons. The van der Waals surface area contributed by atoms with E-state index >= 15 is 0 Å². The summed E-state index contributed by atoms with van der Waals surface area (Å²) < 4.78 is 0.779. The molecule has 5 heteroatoms. The lowest BCUT2D eigenvalue weighted by Crippen LogP contribution is -2.23. The van der Waals surface area contributed by atoms with Crippen LogP contribution in [0.1, 0.15) is 26.3 Å². The van der Waals surface area contributed by atoms with Crippen LogP contribution in [0.5, 0.6) is 0 Å². The van der Waals surface area contributed by atoms with E-state index in [0.717, 1.165) is 23.1 Å². The predicted octanol–water partition coefficient (Wildman–Crippen LogP) is 3.74. The Morgan fingerprint density at radius 1 is 1.39 bits per heavy atom. The van der Waals surface area contributed by atoms with E-state index in [4.69, 9.17) is 0 Å². The lowest BCUT2D eigenvalue weighted by atomic mass is 9.98. The van der Waals surface area contributed by atoms with E-state index in [0.29, 0.717) is 11.8 Å². The van der Waals surface area contributed by atoms with Gasteiger partial charge in [0, 0.05) is 23.2 Å². The molecule has 1 aromatic carbocycles. The predicted molar refractivity (Wildman–Crippen MR) is 76.5 cm³/mol. The molecular weight excluding hydrogens is 296 g/mol. The molecule has 0 heterocycles. The van der Waals surface area contributed by atoms with Crippen LogP contribution in [0.25, 0.3) is 0 Å². The first kappa shape index (κ1) is 15.1. The molecule has 0 saturated heterocycles. The molecule has 0 aromatic heterocycles. The van der Waals surface area contributed by atoms with Crippen molar-refractivity contribution in [2.24, 2.45) is 11.8 Å². The van der Waals surface area contributed by atoms with E-state index in [-0.39, 0.29) is 10.6 Å². The molecule has 0 saturated carbocycles. The Kier molecular flexibility index (Phi) is 5.75. The Bertz CT molecular complexity index is 421. The Morgan fingerprint density at radius 3 is 2.56 bits per heavy atom. The van der Waals surface area contributed by atoms with Crippen LogP contribution in [0.2, 0.25) is 0 Å². The number of nitrogens with one attached hydrogen (secondary N) is 1. The van der Waals surface area contributed by atoms with Crippen LogP contribution in [0, 0.1) is 22.0 Å². The summed E-state index contributed by atoms with van der Waals surface area (Å²) in [7, 11) is 0. The van der Waals surface area contributed by atoms with Gasteiger partial charge in [0.05, 0.1) is 4.92 Å². The molecule has 1 atom stereocenters.